The minimum Gasteiger partial charge on any atom is -0.366 e. The van der Waals surface area contributed by atoms with Crippen LogP contribution in [0.2, 0.25) is 0 Å². The number of nitrogens with zero attached hydrogens (tertiary/aromatic N) is 4. The number of hydrogen-bond acceptors (Lipinski definition) is 5. The summed E-state index contributed by atoms with van der Waals surface area (Å²) in [6, 6.07) is 2.55. The Labute approximate surface area is 101 Å². The van der Waals surface area contributed by atoms with E-state index in [9.17, 15) is 0 Å². The van der Waals surface area contributed by atoms with Crippen molar-refractivity contribution in [3.05, 3.63) is 18.1 Å². The van der Waals surface area contributed by atoms with Crippen molar-refractivity contribution in [2.24, 2.45) is 5.92 Å². The first-order valence-electron chi connectivity index (χ1n) is 5.83. The summed E-state index contributed by atoms with van der Waals surface area (Å²) in [6.07, 6.45) is 5.74. The second-order valence-corrected chi connectivity index (χ2v) is 4.61. The van der Waals surface area contributed by atoms with E-state index in [1.165, 1.54) is 19.0 Å². The normalized spacial score (nSPS) is 16.6. The molecule has 90 valence electrons. The first-order valence-corrected chi connectivity index (χ1v) is 5.83. The molecule has 0 bridgehead atoms. The molecule has 17 heavy (non-hydrogen) atoms. The highest BCUT2D eigenvalue weighted by molar-refractivity contribution is 5.46. The molecule has 1 aromatic heterocycles. The van der Waals surface area contributed by atoms with Gasteiger partial charge in [-0.05, 0) is 32.9 Å². The third-order valence-corrected chi connectivity index (χ3v) is 3.11. The summed E-state index contributed by atoms with van der Waals surface area (Å²) < 4.78 is 0. The summed E-state index contributed by atoms with van der Waals surface area (Å²) in [7, 11) is 4.18. The Hall–Kier alpha value is -1.67. The molecule has 0 aliphatic heterocycles. The standard InChI is InChI=1S/C12H17N5/c1-17(2)11(9-3-4-9)8-16-12-10(7-13)14-5-6-15-12/h5-6,9,11H,3-4,8H2,1-2H3,(H,15,16). The zero-order valence-corrected chi connectivity index (χ0v) is 10.2. The van der Waals surface area contributed by atoms with E-state index in [2.05, 4.69) is 34.3 Å². The van der Waals surface area contributed by atoms with Crippen LogP contribution in [0.4, 0.5) is 5.82 Å². The van der Waals surface area contributed by atoms with Gasteiger partial charge in [-0.1, -0.05) is 0 Å². The van der Waals surface area contributed by atoms with E-state index in [0.717, 1.165) is 12.5 Å². The molecule has 1 N–H and O–H groups in total. The zero-order chi connectivity index (χ0) is 12.3. The molecule has 1 aliphatic carbocycles. The lowest BCUT2D eigenvalue weighted by Gasteiger charge is -2.24. The molecule has 1 fully saturated rings. The highest BCUT2D eigenvalue weighted by Gasteiger charge is 2.32. The maximum Gasteiger partial charge on any atom is 0.182 e. The van der Waals surface area contributed by atoms with E-state index in [0.29, 0.717) is 17.6 Å². The first kappa shape index (κ1) is 11.8. The molecule has 0 aromatic carbocycles. The van der Waals surface area contributed by atoms with Crippen LogP contribution in [0.3, 0.4) is 0 Å². The fourth-order valence-electron chi connectivity index (χ4n) is 2.00. The van der Waals surface area contributed by atoms with Crippen LogP contribution in [-0.2, 0) is 0 Å². The van der Waals surface area contributed by atoms with Crippen molar-refractivity contribution in [2.75, 3.05) is 26.0 Å². The van der Waals surface area contributed by atoms with Crippen LogP contribution in [0.1, 0.15) is 18.5 Å². The van der Waals surface area contributed by atoms with Crippen molar-refractivity contribution in [1.29, 1.82) is 5.26 Å². The van der Waals surface area contributed by atoms with Crippen LogP contribution in [0, 0.1) is 17.2 Å². The van der Waals surface area contributed by atoms with Crippen molar-refractivity contribution in [3.8, 4) is 6.07 Å². The molecular weight excluding hydrogens is 214 g/mol. The van der Waals surface area contributed by atoms with Gasteiger partial charge in [-0.3, -0.25) is 0 Å². The van der Waals surface area contributed by atoms with Crippen LogP contribution in [0.5, 0.6) is 0 Å². The Balaban J connectivity index is 1.99. The van der Waals surface area contributed by atoms with E-state index in [-0.39, 0.29) is 0 Å². The van der Waals surface area contributed by atoms with Crippen molar-refractivity contribution >= 4 is 5.82 Å². The Kier molecular flexibility index (Phi) is 3.55. The van der Waals surface area contributed by atoms with Gasteiger partial charge in [0.1, 0.15) is 6.07 Å². The molecule has 1 heterocycles. The summed E-state index contributed by atoms with van der Waals surface area (Å²) in [5, 5.41) is 12.1. The monoisotopic (exact) mass is 231 g/mol. The maximum atomic E-state index is 8.91. The third-order valence-electron chi connectivity index (χ3n) is 3.11. The van der Waals surface area contributed by atoms with Crippen LogP contribution < -0.4 is 5.32 Å². The summed E-state index contributed by atoms with van der Waals surface area (Å²) in [5.41, 5.74) is 0.362. The molecule has 2 rings (SSSR count). The molecule has 0 saturated heterocycles. The van der Waals surface area contributed by atoms with Gasteiger partial charge in [0.15, 0.2) is 11.5 Å². The van der Waals surface area contributed by atoms with Gasteiger partial charge >= 0.3 is 0 Å². The Morgan fingerprint density at radius 1 is 1.47 bits per heavy atom. The zero-order valence-electron chi connectivity index (χ0n) is 10.2. The summed E-state index contributed by atoms with van der Waals surface area (Å²) in [5.74, 6) is 1.36. The second-order valence-electron chi connectivity index (χ2n) is 4.61. The molecule has 1 unspecified atom stereocenters. The smallest absolute Gasteiger partial charge is 0.182 e. The summed E-state index contributed by atoms with van der Waals surface area (Å²) >= 11 is 0. The van der Waals surface area contributed by atoms with Crippen LogP contribution in [-0.4, -0.2) is 41.5 Å². The van der Waals surface area contributed by atoms with Gasteiger partial charge in [-0.15, -0.1) is 0 Å². The number of aromatic nitrogens is 2. The Morgan fingerprint density at radius 3 is 2.76 bits per heavy atom. The number of nitriles is 1. The van der Waals surface area contributed by atoms with Crippen LogP contribution in [0.15, 0.2) is 12.4 Å². The summed E-state index contributed by atoms with van der Waals surface area (Å²) in [6.45, 7) is 0.811. The predicted molar refractivity (Wildman–Crippen MR) is 65.4 cm³/mol. The van der Waals surface area contributed by atoms with E-state index in [4.69, 9.17) is 5.26 Å². The quantitative estimate of drug-likeness (QED) is 0.822. The number of nitrogens with one attached hydrogen (secondary N) is 1. The van der Waals surface area contributed by atoms with E-state index in [1.54, 1.807) is 6.20 Å². The molecule has 5 heteroatoms. The highest BCUT2D eigenvalue weighted by Crippen LogP contribution is 2.34. The second kappa shape index (κ2) is 5.11. The van der Waals surface area contributed by atoms with E-state index in [1.807, 2.05) is 6.07 Å². The average molecular weight is 231 g/mol. The lowest BCUT2D eigenvalue weighted by molar-refractivity contribution is 0.276. The van der Waals surface area contributed by atoms with Gasteiger partial charge in [0.05, 0.1) is 0 Å². The van der Waals surface area contributed by atoms with Gasteiger partial charge in [-0.25, -0.2) is 9.97 Å². The highest BCUT2D eigenvalue weighted by atomic mass is 15.1. The molecule has 0 spiro atoms. The van der Waals surface area contributed by atoms with Gasteiger partial charge in [-0.2, -0.15) is 5.26 Å². The van der Waals surface area contributed by atoms with Crippen molar-refractivity contribution in [3.63, 3.8) is 0 Å². The molecule has 1 atom stereocenters. The fourth-order valence-corrected chi connectivity index (χ4v) is 2.00. The van der Waals surface area contributed by atoms with E-state index >= 15 is 0 Å². The first-order chi connectivity index (χ1) is 8.22. The van der Waals surface area contributed by atoms with Crippen molar-refractivity contribution in [1.82, 2.24) is 14.9 Å². The molecular formula is C12H17N5. The van der Waals surface area contributed by atoms with Crippen LogP contribution in [0.25, 0.3) is 0 Å². The number of hydrogen-bond donors (Lipinski definition) is 1. The molecule has 0 amide bonds. The number of likely N-dealkylation sites (N-methyl/N-ethyl adjacent to an activating group) is 1. The predicted octanol–water partition coefficient (Wildman–Crippen LogP) is 1.10. The van der Waals surface area contributed by atoms with Gasteiger partial charge in [0, 0.05) is 25.0 Å². The molecule has 0 radical (unpaired) electrons. The topological polar surface area (TPSA) is 64.8 Å². The Morgan fingerprint density at radius 2 is 2.18 bits per heavy atom. The van der Waals surface area contributed by atoms with Crippen molar-refractivity contribution in [2.45, 2.75) is 18.9 Å². The molecule has 1 saturated carbocycles. The minimum absolute atomic E-state index is 0.362. The lowest BCUT2D eigenvalue weighted by atomic mass is 10.1. The lowest BCUT2D eigenvalue weighted by Crippen LogP contribution is -2.36. The molecule has 5 nitrogen and oxygen atoms in total. The maximum absolute atomic E-state index is 8.91. The van der Waals surface area contributed by atoms with Gasteiger partial charge in [0.2, 0.25) is 0 Å². The number of rotatable bonds is 5. The molecule has 1 aliphatic rings. The largest absolute Gasteiger partial charge is 0.366 e. The Bertz CT molecular complexity index is 417. The SMILES string of the molecule is CN(C)C(CNc1nccnc1C#N)C1CC1. The minimum atomic E-state index is 0.362. The molecule has 1 aromatic rings. The van der Waals surface area contributed by atoms with Gasteiger partial charge < -0.3 is 10.2 Å². The van der Waals surface area contributed by atoms with Crippen molar-refractivity contribution < 1.29 is 0 Å². The van der Waals surface area contributed by atoms with Crippen LogP contribution >= 0.6 is 0 Å². The van der Waals surface area contributed by atoms with Gasteiger partial charge in [0.25, 0.3) is 0 Å². The third kappa shape index (κ3) is 2.92. The fraction of sp³-hybridized carbons (Fsp3) is 0.583. The summed E-state index contributed by atoms with van der Waals surface area (Å²) in [4.78, 5) is 10.4. The average Bonchev–Trinajstić information content (AvgIpc) is 3.14. The number of anilines is 1. The van der Waals surface area contributed by atoms with E-state index < -0.39 is 0 Å².